The molecule has 0 saturated heterocycles. The summed E-state index contributed by atoms with van der Waals surface area (Å²) < 4.78 is 39.3. The summed E-state index contributed by atoms with van der Waals surface area (Å²) in [5.74, 6) is -0.683. The highest BCUT2D eigenvalue weighted by atomic mass is 19.4. The predicted octanol–water partition coefficient (Wildman–Crippen LogP) is 2.97. The smallest absolute Gasteiger partial charge is 0.406 e. The number of ether oxygens (including phenoxy) is 1. The van der Waals surface area contributed by atoms with E-state index in [9.17, 15) is 18.0 Å². The van der Waals surface area contributed by atoms with E-state index in [1.807, 2.05) is 0 Å². The fourth-order valence-corrected chi connectivity index (χ4v) is 1.15. The number of alkyl halides is 3. The van der Waals surface area contributed by atoms with Gasteiger partial charge in [0.2, 0.25) is 0 Å². The molecule has 1 rings (SSSR count). The maximum atomic E-state index is 11.9. The third-order valence-electron chi connectivity index (χ3n) is 1.77. The van der Waals surface area contributed by atoms with Gasteiger partial charge in [-0.15, -0.1) is 13.2 Å². The number of hydrogen-bond donors (Lipinski definition) is 1. The van der Waals surface area contributed by atoms with Gasteiger partial charge in [-0.2, -0.15) is 0 Å². The largest absolute Gasteiger partial charge is 0.573 e. The maximum absolute atomic E-state index is 11.9. The number of carbonyl (C=O) groups excluding carboxylic acids is 1. The normalized spacial score (nSPS) is 11.4. The molecule has 0 aliphatic carbocycles. The summed E-state index contributed by atoms with van der Waals surface area (Å²) >= 11 is 0. The van der Waals surface area contributed by atoms with Gasteiger partial charge in [0, 0.05) is 13.0 Å². The van der Waals surface area contributed by atoms with Gasteiger partial charge in [0.1, 0.15) is 5.75 Å². The molecule has 3 nitrogen and oxygen atoms in total. The van der Waals surface area contributed by atoms with Crippen LogP contribution in [0, 0.1) is 0 Å². The topological polar surface area (TPSA) is 38.3 Å². The second-order valence-electron chi connectivity index (χ2n) is 3.70. The van der Waals surface area contributed by atoms with E-state index in [0.717, 1.165) is 12.1 Å². The summed E-state index contributed by atoms with van der Waals surface area (Å²) in [5.41, 5.74) is 0.285. The lowest BCUT2D eigenvalue weighted by Gasteiger charge is -2.10. The molecule has 0 aliphatic rings. The van der Waals surface area contributed by atoms with Gasteiger partial charge in [0.05, 0.1) is 0 Å². The van der Waals surface area contributed by atoms with Crippen molar-refractivity contribution in [1.29, 1.82) is 0 Å². The SMILES string of the molecule is CC(C)NC(=O)c1ccc(OC(F)(F)F)cc1.[HH]. The summed E-state index contributed by atoms with van der Waals surface area (Å²) in [4.78, 5) is 11.5. The number of carbonyl (C=O) groups is 1. The van der Waals surface area contributed by atoms with Crippen LogP contribution >= 0.6 is 0 Å². The minimum atomic E-state index is -4.72. The first-order valence-electron chi connectivity index (χ1n) is 4.94. The Morgan fingerprint density at radius 1 is 1.29 bits per heavy atom. The minimum Gasteiger partial charge on any atom is -0.406 e. The molecule has 0 spiro atoms. The molecule has 96 valence electrons. The quantitative estimate of drug-likeness (QED) is 0.894. The lowest BCUT2D eigenvalue weighted by atomic mass is 10.2. The van der Waals surface area contributed by atoms with Crippen molar-refractivity contribution in [2.75, 3.05) is 0 Å². The molecule has 0 atom stereocenters. The van der Waals surface area contributed by atoms with E-state index in [4.69, 9.17) is 0 Å². The molecular formula is C11H14F3NO2. The lowest BCUT2D eigenvalue weighted by molar-refractivity contribution is -0.274. The Morgan fingerprint density at radius 3 is 2.24 bits per heavy atom. The minimum absolute atomic E-state index is 0. The number of nitrogens with one attached hydrogen (secondary N) is 1. The molecular weight excluding hydrogens is 235 g/mol. The predicted molar refractivity (Wildman–Crippen MR) is 57.8 cm³/mol. The summed E-state index contributed by atoms with van der Waals surface area (Å²) in [6, 6.07) is 4.72. The average Bonchev–Trinajstić information content (AvgIpc) is 2.15. The summed E-state index contributed by atoms with van der Waals surface area (Å²) in [6.07, 6.45) is -4.72. The maximum Gasteiger partial charge on any atom is 0.573 e. The summed E-state index contributed by atoms with van der Waals surface area (Å²) in [7, 11) is 0. The second-order valence-corrected chi connectivity index (χ2v) is 3.70. The van der Waals surface area contributed by atoms with Crippen molar-refractivity contribution in [3.05, 3.63) is 29.8 Å². The molecule has 0 unspecified atom stereocenters. The molecule has 17 heavy (non-hydrogen) atoms. The van der Waals surface area contributed by atoms with Crippen LogP contribution in [0.5, 0.6) is 5.75 Å². The first-order chi connectivity index (χ1) is 7.78. The average molecular weight is 249 g/mol. The van der Waals surface area contributed by atoms with E-state index in [-0.39, 0.29) is 24.7 Å². The van der Waals surface area contributed by atoms with Crippen molar-refractivity contribution < 1.29 is 24.1 Å². The first-order valence-corrected chi connectivity index (χ1v) is 4.94. The van der Waals surface area contributed by atoms with Gasteiger partial charge in [-0.1, -0.05) is 0 Å². The molecule has 1 amide bonds. The van der Waals surface area contributed by atoms with Gasteiger partial charge in [-0.05, 0) is 38.1 Å². The van der Waals surface area contributed by atoms with Gasteiger partial charge in [0.15, 0.2) is 0 Å². The van der Waals surface area contributed by atoms with E-state index in [1.165, 1.54) is 12.1 Å². The molecule has 0 bridgehead atoms. The van der Waals surface area contributed by atoms with Crippen LogP contribution in [0.3, 0.4) is 0 Å². The van der Waals surface area contributed by atoms with Crippen LogP contribution in [-0.2, 0) is 0 Å². The van der Waals surface area contributed by atoms with E-state index < -0.39 is 6.36 Å². The number of halogens is 3. The number of rotatable bonds is 3. The Morgan fingerprint density at radius 2 is 1.82 bits per heavy atom. The van der Waals surface area contributed by atoms with Crippen molar-refractivity contribution in [2.24, 2.45) is 0 Å². The van der Waals surface area contributed by atoms with Gasteiger partial charge in [-0.3, -0.25) is 4.79 Å². The zero-order valence-electron chi connectivity index (χ0n) is 9.34. The monoisotopic (exact) mass is 249 g/mol. The standard InChI is InChI=1S/C11H12F3NO2.H2/c1-7(2)15-10(16)8-3-5-9(6-4-8)17-11(12,13)14;/h3-7H,1-2H3,(H,15,16);1H. The number of benzene rings is 1. The van der Waals surface area contributed by atoms with Crippen molar-refractivity contribution in [3.8, 4) is 5.75 Å². The van der Waals surface area contributed by atoms with Crippen LogP contribution in [0.25, 0.3) is 0 Å². The zero-order valence-corrected chi connectivity index (χ0v) is 9.34. The zero-order chi connectivity index (χ0) is 13.1. The molecule has 0 radical (unpaired) electrons. The number of amides is 1. The molecule has 0 aromatic heterocycles. The van der Waals surface area contributed by atoms with Crippen molar-refractivity contribution in [1.82, 2.24) is 5.32 Å². The van der Waals surface area contributed by atoms with E-state index >= 15 is 0 Å². The van der Waals surface area contributed by atoms with Crippen LogP contribution in [-0.4, -0.2) is 18.3 Å². The molecule has 0 fully saturated rings. The van der Waals surface area contributed by atoms with Crippen LogP contribution in [0.1, 0.15) is 25.6 Å². The van der Waals surface area contributed by atoms with Crippen LogP contribution in [0.15, 0.2) is 24.3 Å². The van der Waals surface area contributed by atoms with Crippen molar-refractivity contribution >= 4 is 5.91 Å². The fraction of sp³-hybridized carbons (Fsp3) is 0.364. The molecule has 0 aliphatic heterocycles. The first kappa shape index (κ1) is 13.3. The van der Waals surface area contributed by atoms with Gasteiger partial charge in [0.25, 0.3) is 5.91 Å². The van der Waals surface area contributed by atoms with E-state index in [1.54, 1.807) is 13.8 Å². The second kappa shape index (κ2) is 5.07. The third-order valence-corrected chi connectivity index (χ3v) is 1.77. The fourth-order valence-electron chi connectivity index (χ4n) is 1.15. The van der Waals surface area contributed by atoms with Crippen molar-refractivity contribution in [2.45, 2.75) is 26.3 Å². The molecule has 1 aromatic rings. The van der Waals surface area contributed by atoms with Crippen LogP contribution in [0.2, 0.25) is 0 Å². The highest BCUT2D eigenvalue weighted by Crippen LogP contribution is 2.22. The molecule has 6 heteroatoms. The molecule has 0 saturated carbocycles. The summed E-state index contributed by atoms with van der Waals surface area (Å²) in [5, 5.41) is 2.62. The van der Waals surface area contributed by atoms with Gasteiger partial charge < -0.3 is 10.1 Å². The van der Waals surface area contributed by atoms with Gasteiger partial charge >= 0.3 is 6.36 Å². The highest BCUT2D eigenvalue weighted by molar-refractivity contribution is 5.94. The molecule has 0 heterocycles. The van der Waals surface area contributed by atoms with E-state index in [2.05, 4.69) is 10.1 Å². The Balaban J connectivity index is 0.00000289. The highest BCUT2D eigenvalue weighted by Gasteiger charge is 2.31. The number of hydrogen-bond acceptors (Lipinski definition) is 2. The van der Waals surface area contributed by atoms with Gasteiger partial charge in [-0.25, -0.2) is 0 Å². The third kappa shape index (κ3) is 4.76. The molecule has 1 N–H and O–H groups in total. The summed E-state index contributed by atoms with van der Waals surface area (Å²) in [6.45, 7) is 3.58. The lowest BCUT2D eigenvalue weighted by Crippen LogP contribution is -2.30. The Hall–Kier alpha value is -1.72. The van der Waals surface area contributed by atoms with Crippen molar-refractivity contribution in [3.63, 3.8) is 0 Å². The Bertz CT molecular complexity index is 390. The Kier molecular flexibility index (Phi) is 3.98. The molecule has 1 aromatic carbocycles. The van der Waals surface area contributed by atoms with E-state index in [0.29, 0.717) is 0 Å². The van der Waals surface area contributed by atoms with Crippen LogP contribution < -0.4 is 10.1 Å². The van der Waals surface area contributed by atoms with Crippen LogP contribution in [0.4, 0.5) is 13.2 Å². The Labute approximate surface area is 98.1 Å².